The number of allylic oxidation sites excluding steroid dienone is 4. The Morgan fingerprint density at radius 1 is 1.00 bits per heavy atom. The van der Waals surface area contributed by atoms with E-state index >= 15 is 0 Å². The van der Waals surface area contributed by atoms with Gasteiger partial charge in [-0.25, -0.2) is 0 Å². The number of nitrogens with zero attached hydrogens (tertiary/aromatic N) is 1. The zero-order chi connectivity index (χ0) is 10.6. The molecule has 0 aromatic carbocycles. The van der Waals surface area contributed by atoms with E-state index in [1.807, 2.05) is 6.92 Å². The van der Waals surface area contributed by atoms with E-state index in [0.29, 0.717) is 0 Å². The summed E-state index contributed by atoms with van der Waals surface area (Å²) in [6.45, 7) is 10.1. The van der Waals surface area contributed by atoms with Gasteiger partial charge in [-0.15, -0.1) is 0 Å². The van der Waals surface area contributed by atoms with E-state index in [4.69, 9.17) is 0 Å². The van der Waals surface area contributed by atoms with Gasteiger partial charge in [0.15, 0.2) is 0 Å². The average molecular weight is 195 g/mol. The molecule has 0 radical (unpaired) electrons. The van der Waals surface area contributed by atoms with Crippen LogP contribution in [0, 0.1) is 0 Å². The van der Waals surface area contributed by atoms with Crippen LogP contribution in [0.1, 0.15) is 40.0 Å². The van der Waals surface area contributed by atoms with E-state index in [2.05, 4.69) is 43.1 Å². The van der Waals surface area contributed by atoms with Gasteiger partial charge < -0.3 is 4.90 Å². The van der Waals surface area contributed by atoms with Crippen molar-refractivity contribution < 1.29 is 0 Å². The Morgan fingerprint density at radius 3 is 2.29 bits per heavy atom. The molecular formula is C13H25N. The van der Waals surface area contributed by atoms with Crippen molar-refractivity contribution in [1.29, 1.82) is 0 Å². The van der Waals surface area contributed by atoms with Crippen LogP contribution in [0.15, 0.2) is 24.3 Å². The van der Waals surface area contributed by atoms with Crippen LogP contribution >= 0.6 is 0 Å². The van der Waals surface area contributed by atoms with Crippen molar-refractivity contribution in [2.24, 2.45) is 0 Å². The van der Waals surface area contributed by atoms with Gasteiger partial charge in [0.25, 0.3) is 0 Å². The third-order valence-electron chi connectivity index (χ3n) is 2.43. The minimum Gasteiger partial charge on any atom is -0.304 e. The van der Waals surface area contributed by atoms with Gasteiger partial charge in [-0.05, 0) is 45.8 Å². The lowest BCUT2D eigenvalue weighted by Crippen LogP contribution is -2.23. The highest BCUT2D eigenvalue weighted by Gasteiger charge is 1.96. The van der Waals surface area contributed by atoms with Crippen molar-refractivity contribution in [1.82, 2.24) is 4.90 Å². The Balaban J connectivity index is 3.28. The Morgan fingerprint density at radius 2 is 1.71 bits per heavy atom. The maximum Gasteiger partial charge on any atom is -0.00189 e. The highest BCUT2D eigenvalue weighted by molar-refractivity contribution is 5.00. The zero-order valence-electron chi connectivity index (χ0n) is 10.00. The average Bonchev–Trinajstić information content (AvgIpc) is 2.22. The van der Waals surface area contributed by atoms with Gasteiger partial charge >= 0.3 is 0 Å². The van der Waals surface area contributed by atoms with Crippen LogP contribution in [-0.2, 0) is 0 Å². The zero-order valence-corrected chi connectivity index (χ0v) is 10.00. The molecular weight excluding hydrogens is 170 g/mol. The highest BCUT2D eigenvalue weighted by Crippen LogP contribution is 1.99. The molecule has 0 spiro atoms. The fourth-order valence-electron chi connectivity index (χ4n) is 1.42. The Labute approximate surface area is 89.5 Å². The molecule has 0 aromatic rings. The van der Waals surface area contributed by atoms with Crippen molar-refractivity contribution in [3.63, 3.8) is 0 Å². The molecule has 0 heterocycles. The van der Waals surface area contributed by atoms with Crippen LogP contribution in [0.3, 0.4) is 0 Å². The smallest absolute Gasteiger partial charge is 0.00189 e. The highest BCUT2D eigenvalue weighted by atomic mass is 15.1. The summed E-state index contributed by atoms with van der Waals surface area (Å²) in [7, 11) is 0. The molecule has 0 fully saturated rings. The molecule has 14 heavy (non-hydrogen) atoms. The molecule has 0 saturated carbocycles. The lowest BCUT2D eigenvalue weighted by Gasteiger charge is -2.17. The molecule has 0 aliphatic heterocycles. The van der Waals surface area contributed by atoms with E-state index in [9.17, 15) is 0 Å². The quantitative estimate of drug-likeness (QED) is 0.422. The largest absolute Gasteiger partial charge is 0.304 e. The summed E-state index contributed by atoms with van der Waals surface area (Å²) in [5.74, 6) is 0. The van der Waals surface area contributed by atoms with Gasteiger partial charge in [-0.1, -0.05) is 38.2 Å². The van der Waals surface area contributed by atoms with Crippen molar-refractivity contribution in [3.8, 4) is 0 Å². The first-order chi connectivity index (χ1) is 6.85. The second kappa shape index (κ2) is 10.5. The van der Waals surface area contributed by atoms with Crippen molar-refractivity contribution >= 4 is 0 Å². The summed E-state index contributed by atoms with van der Waals surface area (Å²) in [6, 6.07) is 0. The maximum atomic E-state index is 2.48. The predicted octanol–water partition coefficient (Wildman–Crippen LogP) is 3.63. The third-order valence-corrected chi connectivity index (χ3v) is 2.43. The standard InChI is InChI=1S/C13H25N/c1-4-7-8-9-10-11-12-13-14(5-2)6-3/h4,7-9H,5-6,10-13H2,1-3H3. The van der Waals surface area contributed by atoms with Crippen LogP contribution < -0.4 is 0 Å². The van der Waals surface area contributed by atoms with Gasteiger partial charge in [-0.2, -0.15) is 0 Å². The number of hydrogen-bond donors (Lipinski definition) is 0. The van der Waals surface area contributed by atoms with E-state index in [-0.39, 0.29) is 0 Å². The molecule has 0 aliphatic rings. The number of rotatable bonds is 8. The second-order valence-corrected chi connectivity index (χ2v) is 3.48. The van der Waals surface area contributed by atoms with E-state index < -0.39 is 0 Å². The van der Waals surface area contributed by atoms with E-state index in [1.54, 1.807) is 0 Å². The molecule has 0 aromatic heterocycles. The van der Waals surface area contributed by atoms with E-state index in [0.717, 1.165) is 0 Å². The summed E-state index contributed by atoms with van der Waals surface area (Å²) in [5.41, 5.74) is 0. The molecule has 0 bridgehead atoms. The maximum absolute atomic E-state index is 2.48. The second-order valence-electron chi connectivity index (χ2n) is 3.48. The molecule has 0 unspecified atom stereocenters. The van der Waals surface area contributed by atoms with Gasteiger partial charge in [-0.3, -0.25) is 0 Å². The Hall–Kier alpha value is -0.560. The summed E-state index contributed by atoms with van der Waals surface area (Å²) in [5, 5.41) is 0. The Bertz CT molecular complexity index is 155. The van der Waals surface area contributed by atoms with Crippen LogP contribution in [0.4, 0.5) is 0 Å². The molecule has 0 amide bonds. The molecule has 1 nitrogen and oxygen atoms in total. The number of hydrogen-bond acceptors (Lipinski definition) is 1. The van der Waals surface area contributed by atoms with Crippen molar-refractivity contribution in [2.45, 2.75) is 40.0 Å². The molecule has 1 heteroatoms. The molecule has 0 atom stereocenters. The molecule has 0 saturated heterocycles. The summed E-state index contributed by atoms with van der Waals surface area (Å²) >= 11 is 0. The van der Waals surface area contributed by atoms with Gasteiger partial charge in [0.2, 0.25) is 0 Å². The lowest BCUT2D eigenvalue weighted by molar-refractivity contribution is 0.297. The van der Waals surface area contributed by atoms with Crippen molar-refractivity contribution in [2.75, 3.05) is 19.6 Å². The summed E-state index contributed by atoms with van der Waals surface area (Å²) < 4.78 is 0. The van der Waals surface area contributed by atoms with Crippen LogP contribution in [0.2, 0.25) is 0 Å². The predicted molar refractivity (Wildman–Crippen MR) is 65.6 cm³/mol. The summed E-state index contributed by atoms with van der Waals surface area (Å²) in [6.07, 6.45) is 12.4. The fraction of sp³-hybridized carbons (Fsp3) is 0.692. The van der Waals surface area contributed by atoms with Gasteiger partial charge in [0.1, 0.15) is 0 Å². The molecule has 0 rings (SSSR count). The lowest BCUT2D eigenvalue weighted by atomic mass is 10.2. The molecule has 82 valence electrons. The Kier molecular flexibility index (Phi) is 10.1. The monoisotopic (exact) mass is 195 g/mol. The van der Waals surface area contributed by atoms with E-state index in [1.165, 1.54) is 38.9 Å². The minimum absolute atomic E-state index is 1.19. The molecule has 0 N–H and O–H groups in total. The number of unbranched alkanes of at least 4 members (excludes halogenated alkanes) is 2. The normalized spacial score (nSPS) is 12.3. The van der Waals surface area contributed by atoms with Crippen LogP contribution in [-0.4, -0.2) is 24.5 Å². The third kappa shape index (κ3) is 8.06. The SMILES string of the molecule is CC=CC=CCCCCN(CC)CC. The molecule has 0 aliphatic carbocycles. The van der Waals surface area contributed by atoms with Crippen molar-refractivity contribution in [3.05, 3.63) is 24.3 Å². The van der Waals surface area contributed by atoms with Crippen LogP contribution in [0.25, 0.3) is 0 Å². The van der Waals surface area contributed by atoms with Gasteiger partial charge in [0.05, 0.1) is 0 Å². The fourth-order valence-corrected chi connectivity index (χ4v) is 1.42. The minimum atomic E-state index is 1.19. The van der Waals surface area contributed by atoms with Gasteiger partial charge in [0, 0.05) is 0 Å². The first-order valence-electron chi connectivity index (χ1n) is 5.85. The first-order valence-corrected chi connectivity index (χ1v) is 5.85. The first kappa shape index (κ1) is 13.4. The summed E-state index contributed by atoms with van der Waals surface area (Å²) in [4.78, 5) is 2.48. The van der Waals surface area contributed by atoms with Crippen LogP contribution in [0.5, 0.6) is 0 Å². The topological polar surface area (TPSA) is 3.24 Å².